The topological polar surface area (TPSA) is 95.3 Å². The van der Waals surface area contributed by atoms with Crippen LogP contribution in [0, 0.1) is 6.92 Å². The van der Waals surface area contributed by atoms with E-state index in [1.807, 2.05) is 35.8 Å². The highest BCUT2D eigenvalue weighted by atomic mass is 32.2. The van der Waals surface area contributed by atoms with Gasteiger partial charge in [-0.15, -0.1) is 10.2 Å². The number of hydrogen-bond acceptors (Lipinski definition) is 7. The number of rotatable bonds is 9. The average molecular weight is 441 g/mol. The number of nitrogens with one attached hydrogen (secondary N) is 1. The van der Waals surface area contributed by atoms with Crippen molar-refractivity contribution in [3.8, 4) is 11.4 Å². The summed E-state index contributed by atoms with van der Waals surface area (Å²) in [5, 5.41) is 12.1. The normalized spacial score (nSPS) is 10.7. The summed E-state index contributed by atoms with van der Waals surface area (Å²) in [7, 11) is 2.97. The number of anilines is 1. The molecule has 0 aliphatic heterocycles. The summed E-state index contributed by atoms with van der Waals surface area (Å²) in [5.74, 6) is 0.294. The monoisotopic (exact) mass is 440 g/mol. The maximum atomic E-state index is 12.4. The van der Waals surface area contributed by atoms with E-state index in [4.69, 9.17) is 4.74 Å². The lowest BCUT2D eigenvalue weighted by Gasteiger charge is -2.10. The Morgan fingerprint density at radius 2 is 1.87 bits per heavy atom. The number of carbonyl (C=O) groups is 2. The zero-order chi connectivity index (χ0) is 22.2. The third kappa shape index (κ3) is 5.93. The van der Waals surface area contributed by atoms with Crippen LogP contribution in [-0.4, -0.2) is 53.2 Å². The highest BCUT2D eigenvalue weighted by Gasteiger charge is 2.16. The second-order valence-corrected chi connectivity index (χ2v) is 7.67. The summed E-state index contributed by atoms with van der Waals surface area (Å²) >= 11 is 1.30. The molecule has 0 unspecified atom stereocenters. The molecule has 31 heavy (non-hydrogen) atoms. The molecule has 1 amide bonds. The predicted molar refractivity (Wildman–Crippen MR) is 119 cm³/mol. The summed E-state index contributed by atoms with van der Waals surface area (Å²) < 4.78 is 11.9. The molecule has 0 saturated heterocycles. The molecule has 3 rings (SSSR count). The molecule has 8 nitrogen and oxygen atoms in total. The van der Waals surface area contributed by atoms with Crippen molar-refractivity contribution in [1.82, 2.24) is 14.8 Å². The molecule has 1 heterocycles. The van der Waals surface area contributed by atoms with Crippen LogP contribution < -0.4 is 5.32 Å². The lowest BCUT2D eigenvalue weighted by molar-refractivity contribution is -0.113. The van der Waals surface area contributed by atoms with Crippen molar-refractivity contribution < 1.29 is 19.1 Å². The van der Waals surface area contributed by atoms with Crippen molar-refractivity contribution in [3.05, 3.63) is 59.7 Å². The Morgan fingerprint density at radius 1 is 1.10 bits per heavy atom. The zero-order valence-corrected chi connectivity index (χ0v) is 18.4. The van der Waals surface area contributed by atoms with Crippen molar-refractivity contribution in [2.45, 2.75) is 18.6 Å². The Balaban J connectivity index is 1.67. The van der Waals surface area contributed by atoms with Crippen LogP contribution in [0.25, 0.3) is 11.4 Å². The SMILES string of the molecule is COCCn1c(SCC(=O)Nc2ccc(C(=O)OC)cc2)nnc1-c1cccc(C)c1. The second-order valence-electron chi connectivity index (χ2n) is 6.73. The van der Waals surface area contributed by atoms with Gasteiger partial charge in [0.15, 0.2) is 11.0 Å². The Bertz CT molecular complexity index is 1050. The van der Waals surface area contributed by atoms with Gasteiger partial charge in [-0.05, 0) is 37.3 Å². The minimum absolute atomic E-state index is 0.164. The van der Waals surface area contributed by atoms with E-state index in [0.717, 1.165) is 17.0 Å². The van der Waals surface area contributed by atoms with Crippen LogP contribution in [0.3, 0.4) is 0 Å². The molecule has 1 aromatic heterocycles. The first-order valence-corrected chi connectivity index (χ1v) is 10.6. The van der Waals surface area contributed by atoms with Gasteiger partial charge >= 0.3 is 5.97 Å². The zero-order valence-electron chi connectivity index (χ0n) is 17.6. The summed E-state index contributed by atoms with van der Waals surface area (Å²) in [4.78, 5) is 23.9. The van der Waals surface area contributed by atoms with Gasteiger partial charge in [-0.2, -0.15) is 0 Å². The number of esters is 1. The Morgan fingerprint density at radius 3 is 2.55 bits per heavy atom. The van der Waals surface area contributed by atoms with Crippen LogP contribution in [0.15, 0.2) is 53.7 Å². The minimum atomic E-state index is -0.423. The van der Waals surface area contributed by atoms with Crippen LogP contribution in [0.2, 0.25) is 0 Å². The molecule has 0 fully saturated rings. The van der Waals surface area contributed by atoms with Crippen molar-refractivity contribution >= 4 is 29.3 Å². The molecular weight excluding hydrogens is 416 g/mol. The van der Waals surface area contributed by atoms with Crippen LogP contribution in [-0.2, 0) is 20.8 Å². The van der Waals surface area contributed by atoms with E-state index in [-0.39, 0.29) is 11.7 Å². The van der Waals surface area contributed by atoms with Gasteiger partial charge < -0.3 is 14.8 Å². The predicted octanol–water partition coefficient (Wildman–Crippen LogP) is 3.42. The molecule has 0 spiro atoms. The van der Waals surface area contributed by atoms with Crippen LogP contribution in [0.5, 0.6) is 0 Å². The third-order valence-electron chi connectivity index (χ3n) is 4.43. The Labute approximate surface area is 185 Å². The fraction of sp³-hybridized carbons (Fsp3) is 0.273. The van der Waals surface area contributed by atoms with Crippen molar-refractivity contribution in [1.29, 1.82) is 0 Å². The maximum absolute atomic E-state index is 12.4. The van der Waals surface area contributed by atoms with E-state index in [9.17, 15) is 9.59 Å². The number of benzene rings is 2. The molecule has 0 atom stereocenters. The maximum Gasteiger partial charge on any atom is 0.337 e. The number of hydrogen-bond donors (Lipinski definition) is 1. The second kappa shape index (κ2) is 10.7. The van der Waals surface area contributed by atoms with E-state index >= 15 is 0 Å². The number of thioether (sulfide) groups is 1. The molecule has 0 bridgehead atoms. The number of methoxy groups -OCH3 is 2. The first kappa shape index (κ1) is 22.5. The standard InChI is InChI=1S/C22H24N4O4S/c1-15-5-4-6-17(13-15)20-24-25-22(26(20)11-12-29-2)31-14-19(27)23-18-9-7-16(8-10-18)21(28)30-3/h4-10,13H,11-12,14H2,1-3H3,(H,23,27). The Kier molecular flexibility index (Phi) is 7.80. The summed E-state index contributed by atoms with van der Waals surface area (Å²) in [6.07, 6.45) is 0. The van der Waals surface area contributed by atoms with Crippen LogP contribution >= 0.6 is 11.8 Å². The van der Waals surface area contributed by atoms with E-state index in [1.54, 1.807) is 31.4 Å². The van der Waals surface area contributed by atoms with Crippen molar-refractivity contribution in [2.75, 3.05) is 31.9 Å². The van der Waals surface area contributed by atoms with Crippen LogP contribution in [0.1, 0.15) is 15.9 Å². The molecule has 0 aliphatic rings. The first-order chi connectivity index (χ1) is 15.0. The Hall–Kier alpha value is -3.17. The summed E-state index contributed by atoms with van der Waals surface area (Å²) in [6.45, 7) is 3.10. The van der Waals surface area contributed by atoms with Crippen LogP contribution in [0.4, 0.5) is 5.69 Å². The van der Waals surface area contributed by atoms with Gasteiger partial charge in [0, 0.05) is 18.4 Å². The fourth-order valence-corrected chi connectivity index (χ4v) is 3.68. The van der Waals surface area contributed by atoms with Crippen molar-refractivity contribution in [2.24, 2.45) is 0 Å². The summed E-state index contributed by atoms with van der Waals surface area (Å²) in [6, 6.07) is 14.6. The molecule has 0 radical (unpaired) electrons. The number of aromatic nitrogens is 3. The molecule has 1 N–H and O–H groups in total. The smallest absolute Gasteiger partial charge is 0.337 e. The summed E-state index contributed by atoms with van der Waals surface area (Å²) in [5.41, 5.74) is 3.11. The quantitative estimate of drug-likeness (QED) is 0.402. The van der Waals surface area contributed by atoms with Gasteiger partial charge in [-0.3, -0.25) is 9.36 Å². The first-order valence-electron chi connectivity index (χ1n) is 9.62. The van der Waals surface area contributed by atoms with Gasteiger partial charge in [0.2, 0.25) is 5.91 Å². The van der Waals surface area contributed by atoms with Gasteiger partial charge in [0.1, 0.15) is 0 Å². The molecule has 0 saturated carbocycles. The molecule has 0 aliphatic carbocycles. The fourth-order valence-electron chi connectivity index (χ4n) is 2.91. The highest BCUT2D eigenvalue weighted by Crippen LogP contribution is 2.25. The highest BCUT2D eigenvalue weighted by molar-refractivity contribution is 7.99. The average Bonchev–Trinajstić information content (AvgIpc) is 3.19. The molecule has 2 aromatic carbocycles. The minimum Gasteiger partial charge on any atom is -0.465 e. The number of nitrogens with zero attached hydrogens (tertiary/aromatic N) is 3. The molecule has 9 heteroatoms. The van der Waals surface area contributed by atoms with E-state index in [1.165, 1.54) is 18.9 Å². The van der Waals surface area contributed by atoms with E-state index < -0.39 is 5.97 Å². The third-order valence-corrected chi connectivity index (χ3v) is 5.40. The molecular formula is C22H24N4O4S. The van der Waals surface area contributed by atoms with E-state index in [0.29, 0.717) is 29.6 Å². The lowest BCUT2D eigenvalue weighted by atomic mass is 10.1. The van der Waals surface area contributed by atoms with Gasteiger partial charge in [0.25, 0.3) is 0 Å². The van der Waals surface area contributed by atoms with E-state index in [2.05, 4.69) is 20.3 Å². The van der Waals surface area contributed by atoms with Crippen molar-refractivity contribution in [3.63, 3.8) is 0 Å². The number of amides is 1. The van der Waals surface area contributed by atoms with Gasteiger partial charge in [-0.1, -0.05) is 35.5 Å². The molecule has 162 valence electrons. The lowest BCUT2D eigenvalue weighted by Crippen LogP contribution is -2.15. The van der Waals surface area contributed by atoms with Gasteiger partial charge in [0.05, 0.1) is 31.6 Å². The molecule has 3 aromatic rings. The number of aryl methyl sites for hydroxylation is 1. The van der Waals surface area contributed by atoms with Gasteiger partial charge in [-0.25, -0.2) is 4.79 Å². The largest absolute Gasteiger partial charge is 0.465 e. The number of carbonyl (C=O) groups excluding carboxylic acids is 2. The number of ether oxygens (including phenoxy) is 2.